The van der Waals surface area contributed by atoms with E-state index in [1.807, 2.05) is 14.1 Å². The average Bonchev–Trinajstić information content (AvgIpc) is 2.67. The number of pyridine rings is 1. The van der Waals surface area contributed by atoms with Crippen LogP contribution in [0.1, 0.15) is 28.9 Å². The molecule has 1 amide bonds. The summed E-state index contributed by atoms with van der Waals surface area (Å²) >= 11 is 0. The zero-order valence-electron chi connectivity index (χ0n) is 15.5. The zero-order chi connectivity index (χ0) is 20.3. The highest BCUT2D eigenvalue weighted by Crippen LogP contribution is 2.28. The average molecular weight is 395 g/mol. The van der Waals surface area contributed by atoms with Gasteiger partial charge in [0.25, 0.3) is 11.8 Å². The van der Waals surface area contributed by atoms with E-state index in [1.54, 1.807) is 16.0 Å². The second-order valence-corrected chi connectivity index (χ2v) is 6.64. The topological polar surface area (TPSA) is 71.5 Å². The lowest BCUT2D eigenvalue weighted by molar-refractivity contribution is -0.141. The predicted octanol–water partition coefficient (Wildman–Crippen LogP) is 2.64. The summed E-state index contributed by atoms with van der Waals surface area (Å²) in [6, 6.07) is 1.96. The molecule has 0 N–H and O–H groups in total. The Labute approximate surface area is 160 Å². The molecule has 1 aliphatic heterocycles. The first-order chi connectivity index (χ1) is 13.3. The number of halogens is 3. The molecule has 2 aromatic heterocycles. The summed E-state index contributed by atoms with van der Waals surface area (Å²) in [6.07, 6.45) is 0.684. The Bertz CT molecular complexity index is 827. The molecule has 0 saturated carbocycles. The zero-order valence-corrected chi connectivity index (χ0v) is 15.5. The maximum atomic E-state index is 12.6. The number of nitrogens with zero attached hydrogens (tertiary/aromatic N) is 5. The molecule has 1 unspecified atom stereocenters. The van der Waals surface area contributed by atoms with Crippen LogP contribution in [0.5, 0.6) is 5.88 Å². The van der Waals surface area contributed by atoms with Crippen LogP contribution in [-0.4, -0.2) is 59.0 Å². The van der Waals surface area contributed by atoms with E-state index in [0.29, 0.717) is 31.2 Å². The molecule has 0 aliphatic carbocycles. The van der Waals surface area contributed by atoms with Gasteiger partial charge in [0.05, 0.1) is 12.1 Å². The number of alkyl halides is 3. The number of carbonyl (C=O) groups is 1. The molecule has 1 fully saturated rings. The highest BCUT2D eigenvalue weighted by Gasteiger charge is 2.33. The first kappa shape index (κ1) is 19.8. The van der Waals surface area contributed by atoms with Crippen molar-refractivity contribution in [2.75, 3.05) is 32.1 Å². The van der Waals surface area contributed by atoms with E-state index in [0.717, 1.165) is 24.8 Å². The second-order valence-electron chi connectivity index (χ2n) is 6.64. The van der Waals surface area contributed by atoms with Crippen LogP contribution in [0.15, 0.2) is 30.7 Å². The number of piperidine rings is 1. The number of anilines is 1. The molecule has 10 heteroatoms. The molecular weight excluding hydrogens is 375 g/mol. The number of likely N-dealkylation sites (tertiary alicyclic amines) is 1. The van der Waals surface area contributed by atoms with Gasteiger partial charge in [-0.2, -0.15) is 13.2 Å². The standard InChI is InChI=1S/C18H20F3N5O2/c1-25(2)15-16(23-8-7-22-15)28-13-4-3-9-26(11-13)17(27)12-5-6-14(24-10-12)18(19,20)21/h5-8,10,13H,3-4,9,11H2,1-2H3. The molecule has 0 aromatic carbocycles. The van der Waals surface area contributed by atoms with Crippen molar-refractivity contribution < 1.29 is 22.7 Å². The monoisotopic (exact) mass is 395 g/mol. The molecule has 0 spiro atoms. The van der Waals surface area contributed by atoms with Gasteiger partial charge in [-0.25, -0.2) is 9.97 Å². The van der Waals surface area contributed by atoms with Crippen LogP contribution in [0.3, 0.4) is 0 Å². The first-order valence-electron chi connectivity index (χ1n) is 8.73. The molecule has 28 heavy (non-hydrogen) atoms. The van der Waals surface area contributed by atoms with Crippen molar-refractivity contribution in [2.45, 2.75) is 25.1 Å². The highest BCUT2D eigenvalue weighted by molar-refractivity contribution is 5.94. The van der Waals surface area contributed by atoms with Crippen LogP contribution >= 0.6 is 0 Å². The summed E-state index contributed by atoms with van der Waals surface area (Å²) < 4.78 is 43.9. The summed E-state index contributed by atoms with van der Waals surface area (Å²) in [5, 5.41) is 0. The van der Waals surface area contributed by atoms with Crippen molar-refractivity contribution in [3.8, 4) is 5.88 Å². The van der Waals surface area contributed by atoms with Crippen LogP contribution in [0.25, 0.3) is 0 Å². The fourth-order valence-corrected chi connectivity index (χ4v) is 2.96. The third-order valence-corrected chi connectivity index (χ3v) is 4.31. The van der Waals surface area contributed by atoms with E-state index in [-0.39, 0.29) is 17.6 Å². The van der Waals surface area contributed by atoms with Crippen LogP contribution in [0.2, 0.25) is 0 Å². The van der Waals surface area contributed by atoms with E-state index in [9.17, 15) is 18.0 Å². The lowest BCUT2D eigenvalue weighted by Gasteiger charge is -2.33. The SMILES string of the molecule is CN(C)c1nccnc1OC1CCCN(C(=O)c2ccc(C(F)(F)F)nc2)C1. The second kappa shape index (κ2) is 7.99. The minimum absolute atomic E-state index is 0.113. The summed E-state index contributed by atoms with van der Waals surface area (Å²) in [5.74, 6) is 0.586. The molecule has 7 nitrogen and oxygen atoms in total. The summed E-state index contributed by atoms with van der Waals surface area (Å²) in [4.78, 5) is 27.8. The van der Waals surface area contributed by atoms with Crippen LogP contribution < -0.4 is 9.64 Å². The Balaban J connectivity index is 1.69. The van der Waals surface area contributed by atoms with Gasteiger partial charge in [0, 0.05) is 39.2 Å². The normalized spacial score (nSPS) is 17.3. The maximum Gasteiger partial charge on any atom is 0.433 e. The van der Waals surface area contributed by atoms with Crippen molar-refractivity contribution in [2.24, 2.45) is 0 Å². The highest BCUT2D eigenvalue weighted by atomic mass is 19.4. The Morgan fingerprint density at radius 1 is 1.21 bits per heavy atom. The van der Waals surface area contributed by atoms with Crippen molar-refractivity contribution in [3.05, 3.63) is 42.0 Å². The number of carbonyl (C=O) groups excluding carboxylic acids is 1. The minimum atomic E-state index is -4.54. The molecule has 0 bridgehead atoms. The fraction of sp³-hybridized carbons (Fsp3) is 0.444. The summed E-state index contributed by atoms with van der Waals surface area (Å²) in [5.41, 5.74) is -0.912. The molecule has 1 aliphatic rings. The van der Waals surface area contributed by atoms with Crippen molar-refractivity contribution in [3.63, 3.8) is 0 Å². The Morgan fingerprint density at radius 2 is 1.96 bits per heavy atom. The van der Waals surface area contributed by atoms with E-state index in [2.05, 4.69) is 15.0 Å². The maximum absolute atomic E-state index is 12.6. The molecule has 2 aromatic rings. The van der Waals surface area contributed by atoms with Crippen molar-refractivity contribution in [1.29, 1.82) is 0 Å². The number of amides is 1. The van der Waals surface area contributed by atoms with Gasteiger partial charge in [-0.3, -0.25) is 9.78 Å². The third kappa shape index (κ3) is 4.49. The van der Waals surface area contributed by atoms with Gasteiger partial charge >= 0.3 is 6.18 Å². The van der Waals surface area contributed by atoms with Crippen LogP contribution in [-0.2, 0) is 6.18 Å². The van der Waals surface area contributed by atoms with Gasteiger partial charge < -0.3 is 14.5 Å². The van der Waals surface area contributed by atoms with Crippen LogP contribution in [0, 0.1) is 0 Å². The van der Waals surface area contributed by atoms with Crippen LogP contribution in [0.4, 0.5) is 19.0 Å². The number of hydrogen-bond acceptors (Lipinski definition) is 6. The summed E-state index contributed by atoms with van der Waals surface area (Å²) in [6.45, 7) is 0.810. The van der Waals surface area contributed by atoms with Gasteiger partial charge in [-0.1, -0.05) is 0 Å². The fourth-order valence-electron chi connectivity index (χ4n) is 2.96. The molecule has 1 saturated heterocycles. The first-order valence-corrected chi connectivity index (χ1v) is 8.73. The lowest BCUT2D eigenvalue weighted by Crippen LogP contribution is -2.44. The van der Waals surface area contributed by atoms with Crippen molar-refractivity contribution in [1.82, 2.24) is 19.9 Å². The van der Waals surface area contributed by atoms with Gasteiger partial charge in [-0.15, -0.1) is 0 Å². The quantitative estimate of drug-likeness (QED) is 0.793. The summed E-state index contributed by atoms with van der Waals surface area (Å²) in [7, 11) is 3.65. The molecule has 1 atom stereocenters. The van der Waals surface area contributed by atoms with Gasteiger partial charge in [0.15, 0.2) is 5.82 Å². The largest absolute Gasteiger partial charge is 0.470 e. The van der Waals surface area contributed by atoms with E-state index in [1.165, 1.54) is 6.20 Å². The smallest absolute Gasteiger partial charge is 0.433 e. The lowest BCUT2D eigenvalue weighted by atomic mass is 10.1. The molecule has 3 rings (SSSR count). The number of aromatic nitrogens is 3. The predicted molar refractivity (Wildman–Crippen MR) is 95.2 cm³/mol. The number of ether oxygens (including phenoxy) is 1. The minimum Gasteiger partial charge on any atom is -0.470 e. The van der Waals surface area contributed by atoms with Gasteiger partial charge in [0.2, 0.25) is 0 Å². The Hall–Kier alpha value is -2.91. The van der Waals surface area contributed by atoms with E-state index < -0.39 is 11.9 Å². The number of hydrogen-bond donors (Lipinski definition) is 0. The molecule has 0 radical (unpaired) electrons. The molecule has 3 heterocycles. The Morgan fingerprint density at radius 3 is 2.61 bits per heavy atom. The molecular formula is C18H20F3N5O2. The van der Waals surface area contributed by atoms with E-state index in [4.69, 9.17) is 4.74 Å². The number of rotatable bonds is 4. The van der Waals surface area contributed by atoms with Gasteiger partial charge in [0.1, 0.15) is 11.8 Å². The van der Waals surface area contributed by atoms with E-state index >= 15 is 0 Å². The molecule has 150 valence electrons. The Kier molecular flexibility index (Phi) is 5.66. The van der Waals surface area contributed by atoms with Gasteiger partial charge in [-0.05, 0) is 25.0 Å². The van der Waals surface area contributed by atoms with Crippen molar-refractivity contribution >= 4 is 11.7 Å². The third-order valence-electron chi connectivity index (χ3n) is 4.31.